The first-order valence-corrected chi connectivity index (χ1v) is 7.88. The van der Waals surface area contributed by atoms with E-state index in [1.807, 2.05) is 12.1 Å². The van der Waals surface area contributed by atoms with Crippen LogP contribution in [0.4, 0.5) is 8.78 Å². The van der Waals surface area contributed by atoms with Crippen LogP contribution in [0.5, 0.6) is 5.75 Å². The van der Waals surface area contributed by atoms with Crippen molar-refractivity contribution in [1.82, 2.24) is 5.32 Å². The van der Waals surface area contributed by atoms with E-state index in [0.717, 1.165) is 30.5 Å². The molecule has 0 saturated heterocycles. The largest absolute Gasteiger partial charge is 0.435 e. The number of nitrogens with one attached hydrogen (secondary N) is 1. The predicted octanol–water partition coefficient (Wildman–Crippen LogP) is 4.59. The molecule has 1 aliphatic carbocycles. The van der Waals surface area contributed by atoms with Crippen LogP contribution in [0.25, 0.3) is 0 Å². The molecule has 1 N–H and O–H groups in total. The molecule has 0 unspecified atom stereocenters. The lowest BCUT2D eigenvalue weighted by molar-refractivity contribution is -0.0498. The molecule has 118 valence electrons. The van der Waals surface area contributed by atoms with Crippen molar-refractivity contribution in [2.24, 2.45) is 11.8 Å². The van der Waals surface area contributed by atoms with E-state index in [4.69, 9.17) is 0 Å². The summed E-state index contributed by atoms with van der Waals surface area (Å²) in [6.07, 6.45) is 6.71. The highest BCUT2D eigenvalue weighted by atomic mass is 19.3. The third-order valence-electron chi connectivity index (χ3n) is 4.34. The molecular weight excluding hydrogens is 272 g/mol. The predicted molar refractivity (Wildman–Crippen MR) is 80.5 cm³/mol. The van der Waals surface area contributed by atoms with E-state index in [9.17, 15) is 8.78 Å². The number of alkyl halides is 2. The van der Waals surface area contributed by atoms with Crippen LogP contribution >= 0.6 is 0 Å². The Morgan fingerprint density at radius 3 is 2.43 bits per heavy atom. The summed E-state index contributed by atoms with van der Waals surface area (Å²) in [4.78, 5) is 0. The molecule has 0 spiro atoms. The molecule has 4 heteroatoms. The van der Waals surface area contributed by atoms with Crippen molar-refractivity contribution >= 4 is 0 Å². The normalized spacial score (nSPS) is 22.5. The SMILES string of the molecule is CC1CCC(CCNCc2ccc(OC(F)F)cc2)CC1. The van der Waals surface area contributed by atoms with Gasteiger partial charge in [-0.15, -0.1) is 0 Å². The van der Waals surface area contributed by atoms with Crippen LogP contribution in [0.3, 0.4) is 0 Å². The lowest BCUT2D eigenvalue weighted by Gasteiger charge is -2.26. The standard InChI is InChI=1S/C17H25F2NO/c1-13-2-4-14(5-3-13)10-11-20-12-15-6-8-16(9-7-15)21-17(18)19/h6-9,13-14,17,20H,2-5,10-12H2,1H3. The molecule has 2 rings (SSSR count). The van der Waals surface area contributed by atoms with Crippen LogP contribution < -0.4 is 10.1 Å². The molecule has 1 saturated carbocycles. The van der Waals surface area contributed by atoms with Crippen molar-refractivity contribution in [3.8, 4) is 5.75 Å². The lowest BCUT2D eigenvalue weighted by atomic mass is 9.81. The summed E-state index contributed by atoms with van der Waals surface area (Å²) < 4.78 is 28.4. The minimum absolute atomic E-state index is 0.213. The van der Waals surface area contributed by atoms with Gasteiger partial charge in [0.05, 0.1) is 0 Å². The summed E-state index contributed by atoms with van der Waals surface area (Å²) in [5.41, 5.74) is 1.09. The zero-order valence-electron chi connectivity index (χ0n) is 12.7. The summed E-state index contributed by atoms with van der Waals surface area (Å²) in [6.45, 7) is 1.38. The van der Waals surface area contributed by atoms with E-state index in [-0.39, 0.29) is 5.75 Å². The average Bonchev–Trinajstić information content (AvgIpc) is 2.46. The Kier molecular flexibility index (Phi) is 6.43. The van der Waals surface area contributed by atoms with Crippen molar-refractivity contribution in [1.29, 1.82) is 0 Å². The zero-order chi connectivity index (χ0) is 15.1. The minimum atomic E-state index is -2.76. The monoisotopic (exact) mass is 297 g/mol. The summed E-state index contributed by atoms with van der Waals surface area (Å²) in [5.74, 6) is 1.99. The van der Waals surface area contributed by atoms with Crippen LogP contribution in [0.1, 0.15) is 44.6 Å². The maximum atomic E-state index is 12.0. The molecule has 1 aromatic carbocycles. The van der Waals surface area contributed by atoms with Gasteiger partial charge in [-0.2, -0.15) is 8.78 Å². The summed E-state index contributed by atoms with van der Waals surface area (Å²) >= 11 is 0. The first-order valence-electron chi connectivity index (χ1n) is 7.88. The summed E-state index contributed by atoms with van der Waals surface area (Å²) in [5, 5.41) is 3.43. The number of hydrogen-bond donors (Lipinski definition) is 1. The second-order valence-electron chi connectivity index (χ2n) is 6.11. The minimum Gasteiger partial charge on any atom is -0.435 e. The Labute approximate surface area is 125 Å². The van der Waals surface area contributed by atoms with Gasteiger partial charge >= 0.3 is 6.61 Å². The van der Waals surface area contributed by atoms with Crippen LogP contribution in [0.15, 0.2) is 24.3 Å². The Balaban J connectivity index is 1.62. The van der Waals surface area contributed by atoms with Gasteiger partial charge in [0.1, 0.15) is 5.75 Å². The van der Waals surface area contributed by atoms with E-state index < -0.39 is 6.61 Å². The van der Waals surface area contributed by atoms with Gasteiger partial charge in [0.25, 0.3) is 0 Å². The van der Waals surface area contributed by atoms with E-state index in [1.165, 1.54) is 32.1 Å². The first kappa shape index (κ1) is 16.2. The molecular formula is C17H25F2NO. The Hall–Kier alpha value is -1.16. The van der Waals surface area contributed by atoms with Gasteiger partial charge in [-0.3, -0.25) is 0 Å². The quantitative estimate of drug-likeness (QED) is 0.743. The maximum absolute atomic E-state index is 12.0. The molecule has 1 fully saturated rings. The van der Waals surface area contributed by atoms with Gasteiger partial charge in [-0.05, 0) is 42.5 Å². The highest BCUT2D eigenvalue weighted by Crippen LogP contribution is 2.29. The molecule has 0 radical (unpaired) electrons. The molecule has 1 aromatic rings. The van der Waals surface area contributed by atoms with Crippen molar-refractivity contribution in [3.05, 3.63) is 29.8 Å². The van der Waals surface area contributed by atoms with Gasteiger partial charge in [0, 0.05) is 6.54 Å². The van der Waals surface area contributed by atoms with Crippen LogP contribution in [0, 0.1) is 11.8 Å². The summed E-state index contributed by atoms with van der Waals surface area (Å²) in [6, 6.07) is 6.83. The van der Waals surface area contributed by atoms with Crippen LogP contribution in [-0.4, -0.2) is 13.2 Å². The third kappa shape index (κ3) is 6.00. The Morgan fingerprint density at radius 2 is 1.81 bits per heavy atom. The number of hydrogen-bond acceptors (Lipinski definition) is 2. The Morgan fingerprint density at radius 1 is 1.14 bits per heavy atom. The smallest absolute Gasteiger partial charge is 0.387 e. The van der Waals surface area contributed by atoms with Crippen LogP contribution in [-0.2, 0) is 6.54 Å². The fraction of sp³-hybridized carbons (Fsp3) is 0.647. The number of benzene rings is 1. The van der Waals surface area contributed by atoms with E-state index in [2.05, 4.69) is 17.0 Å². The molecule has 1 aliphatic rings. The molecule has 0 bridgehead atoms. The van der Waals surface area contributed by atoms with Gasteiger partial charge in [0.15, 0.2) is 0 Å². The second-order valence-corrected chi connectivity index (χ2v) is 6.11. The molecule has 0 amide bonds. The van der Waals surface area contributed by atoms with Crippen LogP contribution in [0.2, 0.25) is 0 Å². The fourth-order valence-corrected chi connectivity index (χ4v) is 2.95. The molecule has 0 aliphatic heterocycles. The van der Waals surface area contributed by atoms with Gasteiger partial charge < -0.3 is 10.1 Å². The second kappa shape index (κ2) is 8.32. The lowest BCUT2D eigenvalue weighted by Crippen LogP contribution is -2.20. The fourth-order valence-electron chi connectivity index (χ4n) is 2.95. The topological polar surface area (TPSA) is 21.3 Å². The highest BCUT2D eigenvalue weighted by molar-refractivity contribution is 5.27. The molecule has 0 heterocycles. The number of ether oxygens (including phenoxy) is 1. The number of halogens is 2. The van der Waals surface area contributed by atoms with E-state index in [0.29, 0.717) is 0 Å². The zero-order valence-corrected chi connectivity index (χ0v) is 12.7. The van der Waals surface area contributed by atoms with Crippen molar-refractivity contribution in [2.45, 2.75) is 52.2 Å². The molecule has 0 atom stereocenters. The number of rotatable bonds is 7. The Bertz CT molecular complexity index is 400. The van der Waals surface area contributed by atoms with E-state index >= 15 is 0 Å². The first-order chi connectivity index (χ1) is 10.1. The average molecular weight is 297 g/mol. The molecule has 21 heavy (non-hydrogen) atoms. The van der Waals surface area contributed by atoms with Crippen molar-refractivity contribution in [2.75, 3.05) is 6.54 Å². The maximum Gasteiger partial charge on any atom is 0.387 e. The van der Waals surface area contributed by atoms with Gasteiger partial charge in [0.2, 0.25) is 0 Å². The third-order valence-corrected chi connectivity index (χ3v) is 4.34. The van der Waals surface area contributed by atoms with Crippen molar-refractivity contribution in [3.63, 3.8) is 0 Å². The van der Waals surface area contributed by atoms with Gasteiger partial charge in [-0.1, -0.05) is 44.7 Å². The van der Waals surface area contributed by atoms with Crippen molar-refractivity contribution < 1.29 is 13.5 Å². The summed E-state index contributed by atoms with van der Waals surface area (Å²) in [7, 11) is 0. The highest BCUT2D eigenvalue weighted by Gasteiger charge is 2.17. The molecule has 2 nitrogen and oxygen atoms in total. The van der Waals surface area contributed by atoms with E-state index in [1.54, 1.807) is 12.1 Å². The molecule has 0 aromatic heterocycles. The van der Waals surface area contributed by atoms with Gasteiger partial charge in [-0.25, -0.2) is 0 Å².